The van der Waals surface area contributed by atoms with Gasteiger partial charge in [0.2, 0.25) is 21.8 Å². The Labute approximate surface area is 197 Å². The van der Waals surface area contributed by atoms with E-state index in [1.54, 1.807) is 6.92 Å². The van der Waals surface area contributed by atoms with Gasteiger partial charge < -0.3 is 10.2 Å². The summed E-state index contributed by atoms with van der Waals surface area (Å²) in [6, 6.07) is 8.77. The van der Waals surface area contributed by atoms with Gasteiger partial charge in [0, 0.05) is 13.1 Å². The number of anilines is 1. The zero-order chi connectivity index (χ0) is 24.1. The predicted octanol–water partition coefficient (Wildman–Crippen LogP) is 3.45. The fourth-order valence-electron chi connectivity index (χ4n) is 2.94. The van der Waals surface area contributed by atoms with Crippen molar-refractivity contribution in [3.63, 3.8) is 0 Å². The van der Waals surface area contributed by atoms with Crippen LogP contribution in [0.2, 0.25) is 10.0 Å². The maximum Gasteiger partial charge on any atom is 0.244 e. The molecule has 0 aliphatic carbocycles. The van der Waals surface area contributed by atoms with Crippen molar-refractivity contribution in [2.45, 2.75) is 26.4 Å². The molecule has 0 unspecified atom stereocenters. The number of likely N-dealkylation sites (N-methyl/N-ethyl adjacent to an activating group) is 1. The number of nitrogens with one attached hydrogen (secondary N) is 1. The molecule has 0 saturated heterocycles. The van der Waals surface area contributed by atoms with Crippen molar-refractivity contribution in [1.82, 2.24) is 10.2 Å². The Morgan fingerprint density at radius 1 is 1.09 bits per heavy atom. The van der Waals surface area contributed by atoms with Crippen LogP contribution in [0.5, 0.6) is 0 Å². The molecule has 11 heteroatoms. The third-order valence-corrected chi connectivity index (χ3v) is 6.53. The lowest BCUT2D eigenvalue weighted by Gasteiger charge is -2.31. The van der Waals surface area contributed by atoms with Crippen LogP contribution in [-0.4, -0.2) is 50.5 Å². The van der Waals surface area contributed by atoms with Crippen molar-refractivity contribution in [1.29, 1.82) is 0 Å². The first-order chi connectivity index (χ1) is 14.9. The first-order valence-electron chi connectivity index (χ1n) is 9.68. The smallest absolute Gasteiger partial charge is 0.244 e. The van der Waals surface area contributed by atoms with Crippen LogP contribution in [0.25, 0.3) is 0 Å². The molecule has 2 aromatic rings. The number of sulfonamides is 1. The van der Waals surface area contributed by atoms with Crippen molar-refractivity contribution in [2.24, 2.45) is 0 Å². The minimum absolute atomic E-state index is 0.0175. The molecular formula is C21H24Cl2FN3O4S. The quantitative estimate of drug-likeness (QED) is 0.567. The lowest BCUT2D eigenvalue weighted by atomic mass is 10.1. The molecule has 2 amide bonds. The van der Waals surface area contributed by atoms with E-state index in [0.29, 0.717) is 12.1 Å². The SMILES string of the molecule is CCNC(=O)[C@H](C)N(Cc1ccc(F)cc1)C(=O)CN(c1ccc(Cl)c(Cl)c1)S(C)(=O)=O. The summed E-state index contributed by atoms with van der Waals surface area (Å²) in [5, 5.41) is 3.01. The van der Waals surface area contributed by atoms with Crippen LogP contribution in [0.3, 0.4) is 0 Å². The van der Waals surface area contributed by atoms with Crippen LogP contribution < -0.4 is 9.62 Å². The Bertz CT molecular complexity index is 1080. The highest BCUT2D eigenvalue weighted by Crippen LogP contribution is 2.28. The third kappa shape index (κ3) is 6.82. The Hall–Kier alpha value is -2.36. The Morgan fingerprint density at radius 3 is 2.25 bits per heavy atom. The molecule has 1 N–H and O–H groups in total. The van der Waals surface area contributed by atoms with Gasteiger partial charge >= 0.3 is 0 Å². The van der Waals surface area contributed by atoms with Gasteiger partial charge in [-0.3, -0.25) is 13.9 Å². The van der Waals surface area contributed by atoms with E-state index in [0.717, 1.165) is 10.6 Å². The van der Waals surface area contributed by atoms with E-state index in [2.05, 4.69) is 5.32 Å². The minimum Gasteiger partial charge on any atom is -0.355 e. The molecule has 0 fully saturated rings. The zero-order valence-electron chi connectivity index (χ0n) is 17.8. The molecule has 0 aromatic heterocycles. The number of rotatable bonds is 9. The van der Waals surface area contributed by atoms with Gasteiger partial charge in [0.25, 0.3) is 0 Å². The number of carbonyl (C=O) groups is 2. The van der Waals surface area contributed by atoms with Crippen LogP contribution in [0.4, 0.5) is 10.1 Å². The predicted molar refractivity (Wildman–Crippen MR) is 124 cm³/mol. The summed E-state index contributed by atoms with van der Waals surface area (Å²) >= 11 is 11.9. The van der Waals surface area contributed by atoms with E-state index in [9.17, 15) is 22.4 Å². The van der Waals surface area contributed by atoms with Gasteiger partial charge in [-0.15, -0.1) is 0 Å². The molecule has 174 valence electrons. The Morgan fingerprint density at radius 2 is 1.72 bits per heavy atom. The van der Waals surface area contributed by atoms with Gasteiger partial charge in [-0.25, -0.2) is 12.8 Å². The molecule has 0 aliphatic rings. The van der Waals surface area contributed by atoms with E-state index in [1.165, 1.54) is 54.3 Å². The number of nitrogens with zero attached hydrogens (tertiary/aromatic N) is 2. The fraction of sp³-hybridized carbons (Fsp3) is 0.333. The lowest BCUT2D eigenvalue weighted by Crippen LogP contribution is -2.51. The Kier molecular flexibility index (Phi) is 8.89. The second-order valence-corrected chi connectivity index (χ2v) is 9.81. The summed E-state index contributed by atoms with van der Waals surface area (Å²) in [6.45, 7) is 3.06. The molecule has 0 spiro atoms. The van der Waals surface area contributed by atoms with E-state index in [4.69, 9.17) is 23.2 Å². The summed E-state index contributed by atoms with van der Waals surface area (Å²) in [4.78, 5) is 26.9. The van der Waals surface area contributed by atoms with Crippen molar-refractivity contribution < 1.29 is 22.4 Å². The van der Waals surface area contributed by atoms with E-state index < -0.39 is 40.2 Å². The first-order valence-corrected chi connectivity index (χ1v) is 12.3. The standard InChI is InChI=1S/C21H24Cl2FN3O4S/c1-4-25-21(29)14(2)26(12-15-5-7-16(24)8-6-15)20(28)13-27(32(3,30)31)17-9-10-18(22)19(23)11-17/h5-11,14H,4,12-13H2,1-3H3,(H,25,29)/t14-/m0/s1. The van der Waals surface area contributed by atoms with Crippen LogP contribution in [0.15, 0.2) is 42.5 Å². The molecule has 7 nitrogen and oxygen atoms in total. The fourth-order valence-corrected chi connectivity index (χ4v) is 4.08. The number of amides is 2. The number of halogens is 3. The first kappa shape index (κ1) is 25.9. The molecule has 32 heavy (non-hydrogen) atoms. The summed E-state index contributed by atoms with van der Waals surface area (Å²) in [5.41, 5.74) is 0.735. The molecule has 0 aliphatic heterocycles. The van der Waals surface area contributed by atoms with Crippen LogP contribution in [0, 0.1) is 5.82 Å². The summed E-state index contributed by atoms with van der Waals surface area (Å²) in [7, 11) is -3.88. The number of hydrogen-bond acceptors (Lipinski definition) is 4. The molecule has 0 bridgehead atoms. The van der Waals surface area contributed by atoms with Crippen LogP contribution in [0.1, 0.15) is 19.4 Å². The Balaban J connectivity index is 2.39. The van der Waals surface area contributed by atoms with Crippen molar-refractivity contribution in [3.05, 3.63) is 63.9 Å². The van der Waals surface area contributed by atoms with Gasteiger partial charge in [-0.2, -0.15) is 0 Å². The zero-order valence-corrected chi connectivity index (χ0v) is 20.1. The lowest BCUT2D eigenvalue weighted by molar-refractivity contribution is -0.139. The number of hydrogen-bond donors (Lipinski definition) is 1. The monoisotopic (exact) mass is 503 g/mol. The average molecular weight is 504 g/mol. The maximum absolute atomic E-state index is 13.3. The number of carbonyl (C=O) groups excluding carboxylic acids is 2. The van der Waals surface area contributed by atoms with Gasteiger partial charge in [-0.1, -0.05) is 35.3 Å². The van der Waals surface area contributed by atoms with Gasteiger partial charge in [0.05, 0.1) is 22.0 Å². The molecule has 0 radical (unpaired) electrons. The van der Waals surface area contributed by atoms with E-state index >= 15 is 0 Å². The molecule has 0 heterocycles. The van der Waals surface area contributed by atoms with Gasteiger partial charge in [0.1, 0.15) is 18.4 Å². The average Bonchev–Trinajstić information content (AvgIpc) is 2.72. The highest BCUT2D eigenvalue weighted by Gasteiger charge is 2.30. The summed E-state index contributed by atoms with van der Waals surface area (Å²) < 4.78 is 39.1. The van der Waals surface area contributed by atoms with Crippen LogP contribution >= 0.6 is 23.2 Å². The second kappa shape index (κ2) is 11.0. The molecule has 1 atom stereocenters. The van der Waals surface area contributed by atoms with Crippen molar-refractivity contribution in [2.75, 3.05) is 23.7 Å². The van der Waals surface area contributed by atoms with Crippen LogP contribution in [-0.2, 0) is 26.2 Å². The molecule has 0 saturated carbocycles. The van der Waals surface area contributed by atoms with Crippen molar-refractivity contribution in [3.8, 4) is 0 Å². The molecule has 2 aromatic carbocycles. The van der Waals surface area contributed by atoms with Gasteiger partial charge in [-0.05, 0) is 49.7 Å². The summed E-state index contributed by atoms with van der Waals surface area (Å²) in [6.07, 6.45) is 0.959. The summed E-state index contributed by atoms with van der Waals surface area (Å²) in [5.74, 6) is -1.46. The van der Waals surface area contributed by atoms with Gasteiger partial charge in [0.15, 0.2) is 0 Å². The molecular weight excluding hydrogens is 480 g/mol. The maximum atomic E-state index is 13.3. The largest absolute Gasteiger partial charge is 0.355 e. The topological polar surface area (TPSA) is 86.8 Å². The molecule has 2 rings (SSSR count). The van der Waals surface area contributed by atoms with Crippen molar-refractivity contribution >= 4 is 50.7 Å². The second-order valence-electron chi connectivity index (χ2n) is 7.09. The highest BCUT2D eigenvalue weighted by molar-refractivity contribution is 7.92. The highest BCUT2D eigenvalue weighted by atomic mass is 35.5. The third-order valence-electron chi connectivity index (χ3n) is 4.65. The van der Waals surface area contributed by atoms with E-state index in [-0.39, 0.29) is 22.3 Å². The number of benzene rings is 2. The van der Waals surface area contributed by atoms with E-state index in [1.807, 2.05) is 0 Å². The minimum atomic E-state index is -3.88. The normalized spacial score (nSPS) is 12.2.